The van der Waals surface area contributed by atoms with E-state index in [0.29, 0.717) is 6.61 Å². The van der Waals surface area contributed by atoms with Crippen LogP contribution in [0.5, 0.6) is 5.75 Å². The van der Waals surface area contributed by atoms with Crippen LogP contribution in [0.2, 0.25) is 0 Å². The van der Waals surface area contributed by atoms with Crippen molar-refractivity contribution >= 4 is 49.8 Å². The van der Waals surface area contributed by atoms with Crippen LogP contribution in [0.15, 0.2) is 261 Å². The highest BCUT2D eigenvalue weighted by molar-refractivity contribution is 6.12. The number of rotatable bonds is 4. The van der Waals surface area contributed by atoms with Gasteiger partial charge in [0.1, 0.15) is 12.4 Å². The van der Waals surface area contributed by atoms with Crippen LogP contribution in [-0.4, -0.2) is 6.61 Å². The number of aryl methyl sites for hydroxylation is 1. The number of ether oxygens (including phenoxy) is 1. The van der Waals surface area contributed by atoms with E-state index in [1.165, 1.54) is 111 Å². The lowest BCUT2D eigenvalue weighted by molar-refractivity contribution is 0.375. The minimum absolute atomic E-state index is 0.463. The van der Waals surface area contributed by atoms with Gasteiger partial charge in [-0.2, -0.15) is 0 Å². The van der Waals surface area contributed by atoms with E-state index >= 15 is 0 Å². The van der Waals surface area contributed by atoms with Gasteiger partial charge >= 0.3 is 0 Å². The summed E-state index contributed by atoms with van der Waals surface area (Å²) in [6.45, 7) is 0.486. The highest BCUT2D eigenvalue weighted by Gasteiger charge is 2.51. The van der Waals surface area contributed by atoms with E-state index in [4.69, 9.17) is 4.74 Å². The number of nitrogens with zero attached hydrogens (tertiary/aromatic N) is 1. The number of allylic oxidation sites excluding steroid dienone is 1. The second kappa shape index (κ2) is 16.8. The Kier molecular flexibility index (Phi) is 9.47. The maximum absolute atomic E-state index is 7.27. The van der Waals surface area contributed by atoms with Gasteiger partial charge in [0.05, 0.1) is 11.1 Å². The zero-order chi connectivity index (χ0) is 49.9. The van der Waals surface area contributed by atoms with Crippen LogP contribution >= 0.6 is 0 Å². The van der Waals surface area contributed by atoms with E-state index in [1.807, 2.05) is 0 Å². The molecule has 0 atom stereocenters. The normalized spacial score (nSPS) is 14.1. The van der Waals surface area contributed by atoms with E-state index in [9.17, 15) is 0 Å². The van der Waals surface area contributed by atoms with Gasteiger partial charge in [-0.3, -0.25) is 0 Å². The van der Waals surface area contributed by atoms with Gasteiger partial charge in [-0.15, -0.1) is 0 Å². The highest BCUT2D eigenvalue weighted by atomic mass is 16.5. The summed E-state index contributed by atoms with van der Waals surface area (Å²) >= 11 is 0. The lowest BCUT2D eigenvalue weighted by Gasteiger charge is -2.32. The van der Waals surface area contributed by atoms with Crippen LogP contribution in [-0.2, 0) is 11.8 Å². The Bertz CT molecular complexity index is 4360. The van der Waals surface area contributed by atoms with Crippen molar-refractivity contribution in [3.8, 4) is 61.4 Å². The number of hydrogen-bond acceptors (Lipinski definition) is 2. The Balaban J connectivity index is 0.936. The van der Waals surface area contributed by atoms with E-state index in [-0.39, 0.29) is 0 Å². The van der Waals surface area contributed by atoms with Crippen LogP contribution in [0, 0.1) is 0 Å². The average Bonchev–Trinajstić information content (AvgIpc) is 4.11. The third kappa shape index (κ3) is 6.10. The zero-order valence-electron chi connectivity index (χ0n) is 41.8. The molecular weight excluding hydrogens is 919 g/mol. The van der Waals surface area contributed by atoms with Crippen LogP contribution in [0.4, 0.5) is 17.1 Å². The second-order valence-corrected chi connectivity index (χ2v) is 20.8. The SMILES string of the molecule is c1ccc(N(c2ccc3c(c2)C2(c4ccccc4-c4ccccc42)c2ccccc2-3)c2cccc3c(-c4cccc5c4-c4ccccc4C4=C(COc6c-5ccc5ccccc65)c5ccccc5CC4)cccc23)cc1. The van der Waals surface area contributed by atoms with Crippen molar-refractivity contribution in [1.29, 1.82) is 0 Å². The first-order valence-electron chi connectivity index (χ1n) is 26.7. The Morgan fingerprint density at radius 1 is 0.316 bits per heavy atom. The molecule has 0 amide bonds. The number of benzene rings is 12. The maximum atomic E-state index is 7.27. The molecule has 0 fully saturated rings. The van der Waals surface area contributed by atoms with Crippen molar-refractivity contribution in [3.05, 3.63) is 300 Å². The summed E-state index contributed by atoms with van der Waals surface area (Å²) in [6, 6.07) is 97.4. The van der Waals surface area contributed by atoms with Crippen molar-refractivity contribution in [2.45, 2.75) is 18.3 Å². The number of hydrogen-bond donors (Lipinski definition) is 0. The molecule has 356 valence electrons. The minimum atomic E-state index is -0.463. The smallest absolute Gasteiger partial charge is 0.135 e. The molecule has 12 aromatic rings. The standard InChI is InChI=1S/C74H49NO/c1-2-21-49(22-3-1)75(50-41-44-60-59-28-12-15-37-69(59)74(70(60)45-50)67-35-13-10-26-57(67)58-27-11-14-36-68(58)74)71-38-18-31-53-55(30-16-32-61(53)71)63-33-17-34-64-65-43-40-48-20-5-7-24-52(48)73(65)76-46-66-51-23-6-4-19-47(51)39-42-56(66)54-25-8-9-29-62(54)72(63)64/h1-38,40-41,43-45H,39,42,46H2. The lowest BCUT2D eigenvalue weighted by atomic mass is 9.70. The van der Waals surface area contributed by atoms with E-state index < -0.39 is 5.41 Å². The topological polar surface area (TPSA) is 12.5 Å². The molecule has 0 unspecified atom stereocenters. The molecule has 4 aliphatic rings. The zero-order valence-corrected chi connectivity index (χ0v) is 41.8. The molecule has 2 nitrogen and oxygen atoms in total. The summed E-state index contributed by atoms with van der Waals surface area (Å²) in [4.78, 5) is 2.49. The molecule has 2 heteroatoms. The molecule has 0 aromatic heterocycles. The van der Waals surface area contributed by atoms with Crippen molar-refractivity contribution in [3.63, 3.8) is 0 Å². The van der Waals surface area contributed by atoms with Gasteiger partial charge in [0.15, 0.2) is 0 Å². The van der Waals surface area contributed by atoms with Gasteiger partial charge in [0, 0.05) is 33.3 Å². The number of para-hydroxylation sites is 1. The quantitative estimate of drug-likeness (QED) is 0.174. The third-order valence-electron chi connectivity index (χ3n) is 17.2. The summed E-state index contributed by atoms with van der Waals surface area (Å²) < 4.78 is 7.27. The van der Waals surface area contributed by atoms with E-state index in [1.54, 1.807) is 0 Å². The largest absolute Gasteiger partial charge is 0.488 e. The molecule has 1 spiro atoms. The van der Waals surface area contributed by atoms with Crippen LogP contribution in [0.1, 0.15) is 45.4 Å². The number of anilines is 3. The third-order valence-corrected chi connectivity index (χ3v) is 17.2. The molecule has 0 saturated heterocycles. The lowest BCUT2D eigenvalue weighted by Crippen LogP contribution is -2.26. The molecule has 0 saturated carbocycles. The van der Waals surface area contributed by atoms with E-state index in [0.717, 1.165) is 52.2 Å². The first-order chi connectivity index (χ1) is 37.7. The van der Waals surface area contributed by atoms with Crippen molar-refractivity contribution in [2.75, 3.05) is 11.5 Å². The summed E-state index contributed by atoms with van der Waals surface area (Å²) in [6.07, 6.45) is 1.93. The Morgan fingerprint density at radius 2 is 0.855 bits per heavy atom. The summed E-state index contributed by atoms with van der Waals surface area (Å²) in [5.74, 6) is 0.924. The van der Waals surface area contributed by atoms with Gasteiger partial charge in [-0.05, 0) is 155 Å². The molecule has 12 aromatic carbocycles. The Morgan fingerprint density at radius 3 is 1.62 bits per heavy atom. The van der Waals surface area contributed by atoms with Crippen LogP contribution < -0.4 is 9.64 Å². The molecule has 0 radical (unpaired) electrons. The first-order valence-corrected chi connectivity index (χ1v) is 26.7. The van der Waals surface area contributed by atoms with E-state index in [2.05, 4.69) is 266 Å². The first kappa shape index (κ1) is 43.0. The maximum Gasteiger partial charge on any atom is 0.135 e. The van der Waals surface area contributed by atoms with Gasteiger partial charge in [0.2, 0.25) is 0 Å². The van der Waals surface area contributed by atoms with Gasteiger partial charge in [-0.1, -0.05) is 224 Å². The van der Waals surface area contributed by atoms with Crippen LogP contribution in [0.3, 0.4) is 0 Å². The molecule has 1 heterocycles. The van der Waals surface area contributed by atoms with Crippen LogP contribution in [0.25, 0.3) is 88.3 Å². The predicted molar refractivity (Wildman–Crippen MR) is 316 cm³/mol. The number of fused-ring (bicyclic) bond motifs is 21. The Hall–Kier alpha value is -9.50. The van der Waals surface area contributed by atoms with Crippen molar-refractivity contribution < 1.29 is 4.74 Å². The monoisotopic (exact) mass is 967 g/mol. The van der Waals surface area contributed by atoms with Gasteiger partial charge in [-0.25, -0.2) is 0 Å². The summed E-state index contributed by atoms with van der Waals surface area (Å²) in [5, 5.41) is 4.65. The molecule has 3 aliphatic carbocycles. The fourth-order valence-electron chi connectivity index (χ4n) is 14.0. The van der Waals surface area contributed by atoms with Crippen molar-refractivity contribution in [1.82, 2.24) is 0 Å². The molecule has 16 rings (SSSR count). The Labute approximate surface area is 443 Å². The van der Waals surface area contributed by atoms with Gasteiger partial charge in [0.25, 0.3) is 0 Å². The predicted octanol–water partition coefficient (Wildman–Crippen LogP) is 19.1. The fraction of sp³-hybridized carbons (Fsp3) is 0.0541. The summed E-state index contributed by atoms with van der Waals surface area (Å²) in [7, 11) is 0. The highest BCUT2D eigenvalue weighted by Crippen LogP contribution is 2.63. The molecule has 0 bridgehead atoms. The summed E-state index contributed by atoms with van der Waals surface area (Å²) in [5.41, 5.74) is 27.1. The van der Waals surface area contributed by atoms with Crippen molar-refractivity contribution in [2.24, 2.45) is 0 Å². The molecule has 76 heavy (non-hydrogen) atoms. The second-order valence-electron chi connectivity index (χ2n) is 20.8. The average molecular weight is 968 g/mol. The molecule has 1 aliphatic heterocycles. The minimum Gasteiger partial charge on any atom is -0.488 e. The molecular formula is C74H49NO. The fourth-order valence-corrected chi connectivity index (χ4v) is 14.0. The molecule has 0 N–H and O–H groups in total. The van der Waals surface area contributed by atoms with Gasteiger partial charge < -0.3 is 9.64 Å².